The molecule has 0 radical (unpaired) electrons. The molecule has 2 rings (SSSR count). The Morgan fingerprint density at radius 2 is 2.26 bits per heavy atom. The first kappa shape index (κ1) is 13.8. The number of likely N-dealkylation sites (tertiary alicyclic amines) is 1. The van der Waals surface area contributed by atoms with Crippen molar-refractivity contribution in [2.75, 3.05) is 31.5 Å². The first-order valence-corrected chi connectivity index (χ1v) is 6.84. The van der Waals surface area contributed by atoms with Gasteiger partial charge in [-0.25, -0.2) is 4.79 Å². The Balaban J connectivity index is 1.88. The molecule has 0 atom stereocenters. The molecule has 0 unspecified atom stereocenters. The van der Waals surface area contributed by atoms with Gasteiger partial charge in [-0.15, -0.1) is 0 Å². The number of piperidine rings is 1. The van der Waals surface area contributed by atoms with Crippen molar-refractivity contribution in [3.8, 4) is 0 Å². The Labute approximate surface area is 113 Å². The summed E-state index contributed by atoms with van der Waals surface area (Å²) in [5.41, 5.74) is 0.911. The molecule has 0 spiro atoms. The number of nitrogens with one attached hydrogen (secondary N) is 1. The summed E-state index contributed by atoms with van der Waals surface area (Å²) in [6, 6.07) is 1.53. The number of hydrogen-bond donors (Lipinski definition) is 2. The van der Waals surface area contributed by atoms with Gasteiger partial charge in [-0.2, -0.15) is 0 Å². The molecule has 2 heterocycles. The minimum Gasteiger partial charge on any atom is -0.478 e. The van der Waals surface area contributed by atoms with Crippen molar-refractivity contribution in [2.45, 2.75) is 19.8 Å². The Morgan fingerprint density at radius 3 is 2.89 bits per heavy atom. The van der Waals surface area contributed by atoms with Crippen molar-refractivity contribution in [3.05, 3.63) is 24.0 Å². The molecule has 0 amide bonds. The molecular formula is C14H21N3O2. The van der Waals surface area contributed by atoms with Crippen LogP contribution in [-0.2, 0) is 0 Å². The van der Waals surface area contributed by atoms with Crippen LogP contribution in [0.4, 0.5) is 5.69 Å². The van der Waals surface area contributed by atoms with E-state index >= 15 is 0 Å². The highest BCUT2D eigenvalue weighted by molar-refractivity contribution is 5.93. The first-order chi connectivity index (χ1) is 9.20. The second-order valence-corrected chi connectivity index (χ2v) is 4.98. The Morgan fingerprint density at radius 1 is 1.53 bits per heavy atom. The summed E-state index contributed by atoms with van der Waals surface area (Å²) >= 11 is 0. The lowest BCUT2D eigenvalue weighted by molar-refractivity contribution is 0.0697. The number of carbonyl (C=O) groups is 1. The molecule has 0 aromatic carbocycles. The smallest absolute Gasteiger partial charge is 0.337 e. The molecule has 0 saturated carbocycles. The largest absolute Gasteiger partial charge is 0.478 e. The lowest BCUT2D eigenvalue weighted by atomic mass is 9.96. The first-order valence-electron chi connectivity index (χ1n) is 6.84. The van der Waals surface area contributed by atoms with Crippen LogP contribution in [0.3, 0.4) is 0 Å². The zero-order chi connectivity index (χ0) is 13.7. The number of pyridine rings is 1. The molecule has 1 aliphatic heterocycles. The average molecular weight is 263 g/mol. The van der Waals surface area contributed by atoms with Crippen LogP contribution < -0.4 is 5.32 Å². The van der Waals surface area contributed by atoms with Crippen LogP contribution in [0.1, 0.15) is 30.1 Å². The second-order valence-electron chi connectivity index (χ2n) is 4.98. The van der Waals surface area contributed by atoms with E-state index in [1.807, 2.05) is 0 Å². The van der Waals surface area contributed by atoms with Crippen molar-refractivity contribution in [2.24, 2.45) is 5.92 Å². The quantitative estimate of drug-likeness (QED) is 0.849. The second kappa shape index (κ2) is 6.52. The van der Waals surface area contributed by atoms with Crippen LogP contribution in [0.15, 0.2) is 18.5 Å². The maximum atomic E-state index is 11.1. The molecule has 19 heavy (non-hydrogen) atoms. The van der Waals surface area contributed by atoms with Crippen molar-refractivity contribution in [3.63, 3.8) is 0 Å². The van der Waals surface area contributed by atoms with Gasteiger partial charge in [0.15, 0.2) is 0 Å². The molecule has 1 saturated heterocycles. The van der Waals surface area contributed by atoms with Crippen molar-refractivity contribution < 1.29 is 9.90 Å². The molecule has 5 nitrogen and oxygen atoms in total. The van der Waals surface area contributed by atoms with E-state index < -0.39 is 5.97 Å². The Hall–Kier alpha value is -1.62. The molecule has 1 fully saturated rings. The zero-order valence-electron chi connectivity index (χ0n) is 11.3. The summed E-state index contributed by atoms with van der Waals surface area (Å²) in [5, 5.41) is 12.3. The van der Waals surface area contributed by atoms with Crippen molar-refractivity contribution in [1.29, 1.82) is 0 Å². The third-order valence-electron chi connectivity index (χ3n) is 3.79. The molecule has 5 heteroatoms. The fourth-order valence-corrected chi connectivity index (χ4v) is 2.48. The number of carboxylic acid groups (broad SMARTS) is 1. The molecular weight excluding hydrogens is 242 g/mol. The number of carboxylic acids is 1. The van der Waals surface area contributed by atoms with E-state index in [2.05, 4.69) is 22.1 Å². The van der Waals surface area contributed by atoms with Gasteiger partial charge < -0.3 is 15.3 Å². The number of hydrogen-bond acceptors (Lipinski definition) is 4. The van der Waals surface area contributed by atoms with Gasteiger partial charge in [-0.3, -0.25) is 4.98 Å². The monoisotopic (exact) mass is 263 g/mol. The predicted octanol–water partition coefficient (Wildman–Crippen LogP) is 1.92. The molecule has 1 aromatic rings. The van der Waals surface area contributed by atoms with Gasteiger partial charge in [-0.05, 0) is 44.5 Å². The van der Waals surface area contributed by atoms with Crippen molar-refractivity contribution >= 4 is 11.7 Å². The van der Waals surface area contributed by atoms with Crippen LogP contribution in [0.25, 0.3) is 0 Å². The summed E-state index contributed by atoms with van der Waals surface area (Å²) in [6.07, 6.45) is 5.44. The summed E-state index contributed by atoms with van der Waals surface area (Å²) in [4.78, 5) is 17.5. The maximum absolute atomic E-state index is 11.1. The van der Waals surface area contributed by atoms with E-state index in [0.717, 1.165) is 26.2 Å². The highest BCUT2D eigenvalue weighted by Crippen LogP contribution is 2.19. The average Bonchev–Trinajstić information content (AvgIpc) is 2.46. The van der Waals surface area contributed by atoms with E-state index in [1.165, 1.54) is 25.1 Å². The van der Waals surface area contributed by atoms with Crippen LogP contribution in [-0.4, -0.2) is 47.1 Å². The number of nitrogens with zero attached hydrogens (tertiary/aromatic N) is 2. The Bertz CT molecular complexity index is 428. The van der Waals surface area contributed by atoms with E-state index in [1.54, 1.807) is 6.20 Å². The fraction of sp³-hybridized carbons (Fsp3) is 0.571. The van der Waals surface area contributed by atoms with Crippen LogP contribution >= 0.6 is 0 Å². The highest BCUT2D eigenvalue weighted by Gasteiger charge is 2.18. The predicted molar refractivity (Wildman–Crippen MR) is 74.5 cm³/mol. The third kappa shape index (κ3) is 3.67. The lowest BCUT2D eigenvalue weighted by Gasteiger charge is -2.31. The van der Waals surface area contributed by atoms with Gasteiger partial charge in [-0.1, -0.05) is 6.92 Å². The van der Waals surface area contributed by atoms with Crippen LogP contribution in [0.2, 0.25) is 0 Å². The molecule has 1 aliphatic rings. The van der Waals surface area contributed by atoms with Gasteiger partial charge in [0.1, 0.15) is 0 Å². The number of anilines is 1. The number of aromatic carboxylic acids is 1. The normalized spacial score (nSPS) is 17.3. The molecule has 2 N–H and O–H groups in total. The van der Waals surface area contributed by atoms with Crippen LogP contribution in [0.5, 0.6) is 0 Å². The van der Waals surface area contributed by atoms with Gasteiger partial charge in [0.2, 0.25) is 0 Å². The Kier molecular flexibility index (Phi) is 4.74. The summed E-state index contributed by atoms with van der Waals surface area (Å²) in [6.45, 7) is 6.41. The zero-order valence-corrected chi connectivity index (χ0v) is 11.3. The van der Waals surface area contributed by atoms with E-state index in [-0.39, 0.29) is 0 Å². The van der Waals surface area contributed by atoms with E-state index in [0.29, 0.717) is 17.2 Å². The minimum atomic E-state index is -0.911. The maximum Gasteiger partial charge on any atom is 0.337 e. The SMILES string of the molecule is CCN1CCC(CNc2cnccc2C(=O)O)CC1. The fourth-order valence-electron chi connectivity index (χ4n) is 2.48. The van der Waals surface area contributed by atoms with Gasteiger partial charge in [0.05, 0.1) is 17.4 Å². The third-order valence-corrected chi connectivity index (χ3v) is 3.79. The van der Waals surface area contributed by atoms with Crippen LogP contribution in [0, 0.1) is 5.92 Å². The standard InChI is InChI=1S/C14H21N3O2/c1-2-17-7-4-11(5-8-17)9-16-13-10-15-6-3-12(13)14(18)19/h3,6,10-11,16H,2,4-5,7-9H2,1H3,(H,18,19). The minimum absolute atomic E-state index is 0.293. The molecule has 0 aliphatic carbocycles. The number of aromatic nitrogens is 1. The van der Waals surface area contributed by atoms with E-state index in [9.17, 15) is 4.79 Å². The molecule has 0 bridgehead atoms. The summed E-state index contributed by atoms with van der Waals surface area (Å²) < 4.78 is 0. The summed E-state index contributed by atoms with van der Waals surface area (Å²) in [5.74, 6) is -0.296. The molecule has 1 aromatic heterocycles. The summed E-state index contributed by atoms with van der Waals surface area (Å²) in [7, 11) is 0. The topological polar surface area (TPSA) is 65.5 Å². The van der Waals surface area contributed by atoms with Gasteiger partial charge in [0, 0.05) is 12.7 Å². The molecule has 104 valence electrons. The van der Waals surface area contributed by atoms with Gasteiger partial charge in [0.25, 0.3) is 0 Å². The van der Waals surface area contributed by atoms with Gasteiger partial charge >= 0.3 is 5.97 Å². The van der Waals surface area contributed by atoms with E-state index in [4.69, 9.17) is 5.11 Å². The van der Waals surface area contributed by atoms with Crippen molar-refractivity contribution in [1.82, 2.24) is 9.88 Å². The number of rotatable bonds is 5. The highest BCUT2D eigenvalue weighted by atomic mass is 16.4. The lowest BCUT2D eigenvalue weighted by Crippen LogP contribution is -2.35.